The Bertz CT molecular complexity index is 485. The van der Waals surface area contributed by atoms with Crippen molar-refractivity contribution in [3.8, 4) is 0 Å². The molecule has 14 heavy (non-hydrogen) atoms. The quantitative estimate of drug-likeness (QED) is 0.270. The van der Waals surface area contributed by atoms with Crippen molar-refractivity contribution in [3.05, 3.63) is 29.8 Å². The minimum Gasteiger partial charge on any atom is -0.361 e. The maximum absolute atomic E-state index is 11.2. The Morgan fingerprint density at radius 2 is 2.21 bits per heavy atom. The molecule has 0 N–H and O–H groups in total. The van der Waals surface area contributed by atoms with E-state index in [1.165, 1.54) is 18.2 Å². The maximum atomic E-state index is 11.2. The van der Waals surface area contributed by atoms with E-state index in [0.717, 1.165) is 0 Å². The molecule has 0 radical (unpaired) electrons. The van der Waals surface area contributed by atoms with Gasteiger partial charge in [-0.1, -0.05) is 18.2 Å². The van der Waals surface area contributed by atoms with E-state index in [4.69, 9.17) is 5.53 Å². The highest BCUT2D eigenvalue weighted by Crippen LogP contribution is 2.08. The lowest BCUT2D eigenvalue weighted by Gasteiger charge is -2.06. The molecule has 1 aliphatic rings. The molecule has 6 heteroatoms. The van der Waals surface area contributed by atoms with Gasteiger partial charge in [0, 0.05) is 0 Å². The first kappa shape index (κ1) is 10.3. The van der Waals surface area contributed by atoms with Gasteiger partial charge in [0.05, 0.1) is 10.8 Å². The average Bonchev–Trinajstić information content (AvgIpc) is 2.18. The van der Waals surface area contributed by atoms with Gasteiger partial charge in [0.25, 0.3) is 0 Å². The molecule has 1 unspecified atom stereocenters. The van der Waals surface area contributed by atoms with Crippen molar-refractivity contribution in [3.63, 3.8) is 0 Å². The fraction of sp³-hybridized carbons (Fsp3) is 0.125. The Morgan fingerprint density at radius 1 is 1.50 bits per heavy atom. The number of nitrogens with zero attached hydrogens (tertiary/aromatic N) is 2. The Hall–Kier alpha value is -1.78. The summed E-state index contributed by atoms with van der Waals surface area (Å²) in [4.78, 5) is 13.8. The average molecular weight is 210 g/mol. The predicted octanol–water partition coefficient (Wildman–Crippen LogP) is -0.350. The van der Waals surface area contributed by atoms with E-state index in [2.05, 4.69) is 4.79 Å². The molecular weight excluding hydrogens is 204 g/mol. The third-order valence-electron chi connectivity index (χ3n) is 1.67. The van der Waals surface area contributed by atoms with E-state index >= 15 is 0 Å². The SMILES string of the molecule is [N-]=[N+]=CC(=O)C1C=CC=CC1=S(=O)=O. The zero-order valence-electron chi connectivity index (χ0n) is 6.99. The lowest BCUT2D eigenvalue weighted by Crippen LogP contribution is -2.24. The molecule has 72 valence electrons. The van der Waals surface area contributed by atoms with Crippen LogP contribution < -0.4 is 0 Å². The summed E-state index contributed by atoms with van der Waals surface area (Å²) < 4.78 is 21.4. The summed E-state index contributed by atoms with van der Waals surface area (Å²) in [6.07, 6.45) is 6.52. The number of rotatable bonds is 2. The number of ketones is 1. The topological polar surface area (TPSA) is 87.6 Å². The van der Waals surface area contributed by atoms with Crippen LogP contribution in [0, 0.1) is 5.92 Å². The van der Waals surface area contributed by atoms with Crippen LogP contribution in [0.4, 0.5) is 0 Å². The summed E-state index contributed by atoms with van der Waals surface area (Å²) >= 11 is 0. The Kier molecular flexibility index (Phi) is 3.28. The molecule has 0 amide bonds. The van der Waals surface area contributed by atoms with Crippen LogP contribution >= 0.6 is 0 Å². The zero-order chi connectivity index (χ0) is 10.6. The van der Waals surface area contributed by atoms with E-state index in [1.807, 2.05) is 0 Å². The molecule has 1 aliphatic carbocycles. The number of Topliss-reactive ketones (excluding diaryl/α,β-unsaturated/α-hetero) is 1. The second-order valence-corrected chi connectivity index (χ2v) is 3.45. The molecule has 5 nitrogen and oxygen atoms in total. The number of allylic oxidation sites excluding steroid dienone is 4. The van der Waals surface area contributed by atoms with Gasteiger partial charge in [-0.3, -0.25) is 4.79 Å². The fourth-order valence-corrected chi connectivity index (χ4v) is 1.65. The molecule has 0 aromatic carbocycles. The Morgan fingerprint density at radius 3 is 2.79 bits per heavy atom. The third kappa shape index (κ3) is 2.12. The lowest BCUT2D eigenvalue weighted by atomic mass is 9.97. The normalized spacial score (nSPS) is 18.9. The molecule has 0 saturated carbocycles. The minimum atomic E-state index is -2.44. The van der Waals surface area contributed by atoms with E-state index < -0.39 is 22.0 Å². The van der Waals surface area contributed by atoms with Crippen LogP contribution in [-0.4, -0.2) is 30.1 Å². The second kappa shape index (κ2) is 4.45. The van der Waals surface area contributed by atoms with Gasteiger partial charge >= 0.3 is 6.21 Å². The maximum Gasteiger partial charge on any atom is 0.324 e. The summed E-state index contributed by atoms with van der Waals surface area (Å²) in [5, 5.41) is 0. The molecule has 0 heterocycles. The first-order valence-electron chi connectivity index (χ1n) is 3.69. The van der Waals surface area contributed by atoms with E-state index in [9.17, 15) is 13.2 Å². The number of carbonyl (C=O) groups is 1. The van der Waals surface area contributed by atoms with Crippen LogP contribution in [0.3, 0.4) is 0 Å². The fourth-order valence-electron chi connectivity index (χ4n) is 1.06. The van der Waals surface area contributed by atoms with Gasteiger partial charge in [-0.25, -0.2) is 0 Å². The van der Waals surface area contributed by atoms with E-state index in [-0.39, 0.29) is 4.86 Å². The van der Waals surface area contributed by atoms with Crippen molar-refractivity contribution < 1.29 is 18.0 Å². The highest BCUT2D eigenvalue weighted by molar-refractivity contribution is 7.73. The number of hydrogen-bond acceptors (Lipinski definition) is 3. The van der Waals surface area contributed by atoms with Gasteiger partial charge in [-0.2, -0.15) is 13.2 Å². The van der Waals surface area contributed by atoms with Crippen LogP contribution in [0.25, 0.3) is 5.53 Å². The Labute approximate surface area is 81.5 Å². The van der Waals surface area contributed by atoms with Crippen LogP contribution in [0.2, 0.25) is 0 Å². The molecule has 0 aliphatic heterocycles. The minimum absolute atomic E-state index is 0.0302. The predicted molar refractivity (Wildman–Crippen MR) is 50.4 cm³/mol. The monoisotopic (exact) mass is 210 g/mol. The van der Waals surface area contributed by atoms with Gasteiger partial charge in [-0.15, -0.1) is 0 Å². The van der Waals surface area contributed by atoms with Gasteiger partial charge in [-0.05, 0) is 6.08 Å². The van der Waals surface area contributed by atoms with E-state index in [1.54, 1.807) is 6.08 Å². The van der Waals surface area contributed by atoms with Crippen LogP contribution in [0.5, 0.6) is 0 Å². The van der Waals surface area contributed by atoms with Crippen molar-refractivity contribution in [2.24, 2.45) is 5.92 Å². The van der Waals surface area contributed by atoms with Crippen molar-refractivity contribution in [2.75, 3.05) is 0 Å². The molecule has 0 spiro atoms. The number of carbonyl (C=O) groups excluding carboxylic acids is 1. The van der Waals surface area contributed by atoms with Crippen molar-refractivity contribution in [1.82, 2.24) is 0 Å². The van der Waals surface area contributed by atoms with Crippen LogP contribution in [-0.2, 0) is 15.1 Å². The standard InChI is InChI=1S/C8H6N2O3S/c9-10-5-7(11)6-3-1-2-4-8(6)14(12)13/h1-6H. The number of hydrogen-bond donors (Lipinski definition) is 0. The van der Waals surface area contributed by atoms with E-state index in [0.29, 0.717) is 6.21 Å². The first-order valence-corrected chi connectivity index (χ1v) is 4.76. The van der Waals surface area contributed by atoms with Crippen molar-refractivity contribution in [1.29, 1.82) is 0 Å². The molecule has 0 aromatic heterocycles. The second-order valence-electron chi connectivity index (χ2n) is 2.51. The highest BCUT2D eigenvalue weighted by atomic mass is 32.2. The van der Waals surface area contributed by atoms with Gasteiger partial charge in [0.15, 0.2) is 0 Å². The van der Waals surface area contributed by atoms with Gasteiger partial charge in [0.2, 0.25) is 16.1 Å². The first-order chi connectivity index (χ1) is 6.66. The summed E-state index contributed by atoms with van der Waals surface area (Å²) in [6.45, 7) is 0. The van der Waals surface area contributed by atoms with Gasteiger partial charge < -0.3 is 5.53 Å². The lowest BCUT2D eigenvalue weighted by molar-refractivity contribution is -0.116. The summed E-state index contributed by atoms with van der Waals surface area (Å²) in [5.74, 6) is -1.46. The molecule has 0 bridgehead atoms. The molecule has 1 atom stereocenters. The Balaban J connectivity index is 3.17. The smallest absolute Gasteiger partial charge is 0.324 e. The van der Waals surface area contributed by atoms with Crippen molar-refractivity contribution in [2.45, 2.75) is 0 Å². The van der Waals surface area contributed by atoms with Gasteiger partial charge in [0.1, 0.15) is 0 Å². The van der Waals surface area contributed by atoms with Crippen LogP contribution in [0.15, 0.2) is 24.3 Å². The highest BCUT2D eigenvalue weighted by Gasteiger charge is 2.23. The summed E-state index contributed by atoms with van der Waals surface area (Å²) in [6, 6.07) is 0. The molecule has 0 aromatic rings. The molecule has 1 rings (SSSR count). The third-order valence-corrected chi connectivity index (χ3v) is 2.44. The van der Waals surface area contributed by atoms with Crippen molar-refractivity contribution >= 4 is 27.2 Å². The molecular formula is C8H6N2O3S. The van der Waals surface area contributed by atoms with Crippen LogP contribution in [0.1, 0.15) is 0 Å². The summed E-state index contributed by atoms with van der Waals surface area (Å²) in [7, 11) is -2.44. The largest absolute Gasteiger partial charge is 0.361 e. The summed E-state index contributed by atoms with van der Waals surface area (Å²) in [5.41, 5.74) is 8.14. The molecule has 0 fully saturated rings. The zero-order valence-corrected chi connectivity index (χ0v) is 7.81. The molecule has 0 saturated heterocycles.